The molecule has 0 bridgehead atoms. The maximum Gasteiger partial charge on any atom is 0.254 e. The molecule has 0 aliphatic carbocycles. The second-order valence-electron chi connectivity index (χ2n) is 8.21. The lowest BCUT2D eigenvalue weighted by Gasteiger charge is -2.40. The molecular weight excluding hydrogens is 467 g/mol. The molecule has 0 saturated carbocycles. The van der Waals surface area contributed by atoms with E-state index in [1.165, 1.54) is 39.4 Å². The Morgan fingerprint density at radius 1 is 0.833 bits per heavy atom. The Labute approximate surface area is 208 Å². The summed E-state index contributed by atoms with van der Waals surface area (Å²) < 4.78 is 36.4. The van der Waals surface area contributed by atoms with Crippen LogP contribution < -0.4 is 24.3 Å². The summed E-state index contributed by atoms with van der Waals surface area (Å²) in [5.41, 5.74) is 1.35. The van der Waals surface area contributed by atoms with Crippen molar-refractivity contribution in [3.63, 3.8) is 0 Å². The van der Waals surface area contributed by atoms with Gasteiger partial charge < -0.3 is 29.2 Å². The van der Waals surface area contributed by atoms with E-state index in [1.807, 2.05) is 0 Å². The van der Waals surface area contributed by atoms with Gasteiger partial charge in [-0.2, -0.15) is 0 Å². The van der Waals surface area contributed by atoms with Gasteiger partial charge in [-0.1, -0.05) is 18.2 Å². The van der Waals surface area contributed by atoms with Crippen LogP contribution in [0, 0.1) is 5.82 Å². The van der Waals surface area contributed by atoms with E-state index in [2.05, 4.69) is 5.32 Å². The molecule has 188 valence electrons. The van der Waals surface area contributed by atoms with Crippen LogP contribution in [-0.2, 0) is 4.79 Å². The highest BCUT2D eigenvalue weighted by Gasteiger charge is 2.44. The number of nitrogens with one attached hydrogen (secondary N) is 1. The summed E-state index contributed by atoms with van der Waals surface area (Å²) in [4.78, 5) is 28.7. The van der Waals surface area contributed by atoms with Crippen LogP contribution in [0.4, 0.5) is 10.1 Å². The van der Waals surface area contributed by atoms with E-state index in [4.69, 9.17) is 18.9 Å². The summed E-state index contributed by atoms with van der Waals surface area (Å²) in [6, 6.07) is 13.3. The minimum Gasteiger partial charge on any atom is -0.493 e. The van der Waals surface area contributed by atoms with Crippen LogP contribution in [0.3, 0.4) is 0 Å². The van der Waals surface area contributed by atoms with Crippen molar-refractivity contribution in [1.82, 2.24) is 4.90 Å². The molecule has 2 amide bonds. The summed E-state index contributed by atoms with van der Waals surface area (Å²) in [5, 5.41) is 2.89. The molecule has 1 aliphatic heterocycles. The van der Waals surface area contributed by atoms with Crippen molar-refractivity contribution in [3.8, 4) is 23.0 Å². The van der Waals surface area contributed by atoms with Crippen molar-refractivity contribution < 1.29 is 32.9 Å². The zero-order valence-electron chi connectivity index (χ0n) is 20.6. The number of hydrogen-bond donors (Lipinski definition) is 1. The van der Waals surface area contributed by atoms with Gasteiger partial charge in [0.05, 0.1) is 40.4 Å². The van der Waals surface area contributed by atoms with Gasteiger partial charge in [-0.3, -0.25) is 9.59 Å². The fourth-order valence-corrected chi connectivity index (χ4v) is 4.57. The lowest BCUT2D eigenvalue weighted by Crippen LogP contribution is -2.44. The number of nitrogens with zero attached hydrogens (tertiary/aromatic N) is 1. The van der Waals surface area contributed by atoms with Gasteiger partial charge in [0.2, 0.25) is 5.91 Å². The number of hydrogen-bond acceptors (Lipinski definition) is 6. The van der Waals surface area contributed by atoms with E-state index >= 15 is 4.39 Å². The number of ether oxygens (including phenoxy) is 4. The number of fused-ring (bicyclic) bond motifs is 1. The molecule has 2 atom stereocenters. The molecule has 9 heteroatoms. The van der Waals surface area contributed by atoms with E-state index in [1.54, 1.807) is 55.6 Å². The number of methoxy groups -OCH3 is 4. The number of halogens is 1. The van der Waals surface area contributed by atoms with Gasteiger partial charge in [-0.15, -0.1) is 0 Å². The first-order valence-corrected chi connectivity index (χ1v) is 11.1. The topological polar surface area (TPSA) is 86.3 Å². The molecule has 36 heavy (non-hydrogen) atoms. The largest absolute Gasteiger partial charge is 0.493 e. The van der Waals surface area contributed by atoms with Gasteiger partial charge in [0.25, 0.3) is 5.91 Å². The summed E-state index contributed by atoms with van der Waals surface area (Å²) >= 11 is 0. The minimum atomic E-state index is -0.965. The van der Waals surface area contributed by atoms with Gasteiger partial charge in [0.15, 0.2) is 23.0 Å². The van der Waals surface area contributed by atoms with Gasteiger partial charge >= 0.3 is 0 Å². The Balaban J connectivity index is 1.87. The summed E-state index contributed by atoms with van der Waals surface area (Å²) in [7, 11) is 7.49. The molecule has 0 aromatic heterocycles. The highest BCUT2D eigenvalue weighted by atomic mass is 19.1. The Morgan fingerprint density at radius 3 is 2.08 bits per heavy atom. The number of carbonyl (C=O) groups excluding carboxylic acids is 2. The van der Waals surface area contributed by atoms with Gasteiger partial charge in [0, 0.05) is 29.9 Å². The number of anilines is 1. The number of likely N-dealkylation sites (N-methyl/N-ethyl adjacent to an activating group) is 1. The smallest absolute Gasteiger partial charge is 0.254 e. The van der Waals surface area contributed by atoms with E-state index in [0.717, 1.165) is 0 Å². The first-order valence-electron chi connectivity index (χ1n) is 11.1. The zero-order chi connectivity index (χ0) is 26.0. The van der Waals surface area contributed by atoms with Crippen LogP contribution in [-0.4, -0.2) is 52.2 Å². The predicted octanol–water partition coefficient (Wildman–Crippen LogP) is 4.41. The standard InChI is InChI=1S/C27H27FN2O6/c1-30-25(16-8-6-7-9-19(16)28)24(17-13-22(35-4)23(36-5)14-18(17)27(30)32)26(31)29-15-10-11-20(33-2)21(12-15)34-3/h6-14,24-25H,1-5H3,(H,29,31)/t24-,25+/m1/s1. The molecule has 0 unspecified atom stereocenters. The quantitative estimate of drug-likeness (QED) is 0.524. The maximum absolute atomic E-state index is 15.0. The molecule has 1 heterocycles. The predicted molar refractivity (Wildman–Crippen MR) is 132 cm³/mol. The van der Waals surface area contributed by atoms with Crippen molar-refractivity contribution in [1.29, 1.82) is 0 Å². The van der Waals surface area contributed by atoms with Crippen LogP contribution in [0.2, 0.25) is 0 Å². The molecule has 1 aliphatic rings. The summed E-state index contributed by atoms with van der Waals surface area (Å²) in [6.07, 6.45) is 0. The highest BCUT2D eigenvalue weighted by molar-refractivity contribution is 6.05. The first-order chi connectivity index (χ1) is 17.3. The van der Waals surface area contributed by atoms with Crippen LogP contribution >= 0.6 is 0 Å². The molecule has 3 aromatic rings. The Morgan fingerprint density at radius 2 is 1.44 bits per heavy atom. The molecule has 4 rings (SSSR count). The third kappa shape index (κ3) is 4.28. The minimum absolute atomic E-state index is 0.223. The molecule has 1 N–H and O–H groups in total. The van der Waals surface area contributed by atoms with Gasteiger partial charge in [-0.05, 0) is 35.9 Å². The second-order valence-corrected chi connectivity index (χ2v) is 8.21. The van der Waals surface area contributed by atoms with E-state index in [-0.39, 0.29) is 17.0 Å². The molecule has 0 saturated heterocycles. The van der Waals surface area contributed by atoms with Crippen LogP contribution in [0.15, 0.2) is 54.6 Å². The Kier molecular flexibility index (Phi) is 7.00. The Bertz CT molecular complexity index is 1310. The van der Waals surface area contributed by atoms with E-state index in [0.29, 0.717) is 34.2 Å². The molecular formula is C27H27FN2O6. The van der Waals surface area contributed by atoms with Gasteiger partial charge in [-0.25, -0.2) is 4.39 Å². The van der Waals surface area contributed by atoms with Crippen molar-refractivity contribution in [2.75, 3.05) is 40.8 Å². The average molecular weight is 495 g/mol. The van der Waals surface area contributed by atoms with Gasteiger partial charge in [0.1, 0.15) is 5.82 Å². The number of benzene rings is 3. The second kappa shape index (κ2) is 10.2. The molecule has 0 radical (unpaired) electrons. The molecule has 8 nitrogen and oxygen atoms in total. The van der Waals surface area contributed by atoms with E-state index in [9.17, 15) is 9.59 Å². The first kappa shape index (κ1) is 24.8. The lowest BCUT2D eigenvalue weighted by molar-refractivity contribution is -0.119. The van der Waals surface area contributed by atoms with Crippen LogP contribution in [0.1, 0.15) is 33.4 Å². The number of amides is 2. The Hall–Kier alpha value is -4.27. The van der Waals surface area contributed by atoms with Crippen molar-refractivity contribution in [2.24, 2.45) is 0 Å². The van der Waals surface area contributed by atoms with Crippen LogP contribution in [0.5, 0.6) is 23.0 Å². The number of rotatable bonds is 7. The zero-order valence-corrected chi connectivity index (χ0v) is 20.6. The monoisotopic (exact) mass is 494 g/mol. The number of carbonyl (C=O) groups is 2. The third-order valence-corrected chi connectivity index (χ3v) is 6.33. The SMILES string of the molecule is COc1ccc(NC(=O)[C@@H]2c3cc(OC)c(OC)cc3C(=O)N(C)[C@H]2c2ccccc2F)cc1OC. The van der Waals surface area contributed by atoms with Crippen LogP contribution in [0.25, 0.3) is 0 Å². The molecule has 0 spiro atoms. The summed E-state index contributed by atoms with van der Waals surface area (Å²) in [5.74, 6) is -0.653. The van der Waals surface area contributed by atoms with Crippen molar-refractivity contribution in [3.05, 3.63) is 77.1 Å². The maximum atomic E-state index is 15.0. The lowest BCUT2D eigenvalue weighted by atomic mass is 9.79. The van der Waals surface area contributed by atoms with Crippen molar-refractivity contribution in [2.45, 2.75) is 12.0 Å². The average Bonchev–Trinajstić information content (AvgIpc) is 2.90. The van der Waals surface area contributed by atoms with E-state index < -0.39 is 23.7 Å². The summed E-state index contributed by atoms with van der Waals surface area (Å²) in [6.45, 7) is 0. The normalized spacial score (nSPS) is 16.7. The fraction of sp³-hybridized carbons (Fsp3) is 0.259. The fourth-order valence-electron chi connectivity index (χ4n) is 4.57. The molecule has 3 aromatic carbocycles. The molecule has 0 fully saturated rings. The highest BCUT2D eigenvalue weighted by Crippen LogP contribution is 2.46. The van der Waals surface area contributed by atoms with Crippen molar-refractivity contribution >= 4 is 17.5 Å². The third-order valence-electron chi connectivity index (χ3n) is 6.33.